The first-order valence-electron chi connectivity index (χ1n) is 11.3. The van der Waals surface area contributed by atoms with Crippen LogP contribution in [0.15, 0.2) is 30.5 Å². The van der Waals surface area contributed by atoms with Crippen LogP contribution >= 0.6 is 23.7 Å². The molecule has 1 amide bonds. The van der Waals surface area contributed by atoms with Crippen LogP contribution in [-0.4, -0.2) is 58.2 Å². The molecule has 6 heterocycles. The smallest absolute Gasteiger partial charge is 0.263 e. The molecule has 0 atom stereocenters. The fraction of sp³-hybridized carbons (Fsp3) is 0.522. The van der Waals surface area contributed by atoms with Crippen molar-refractivity contribution < 1.29 is 9.53 Å². The number of hydrogen-bond donors (Lipinski definition) is 1. The fourth-order valence-electron chi connectivity index (χ4n) is 5.40. The number of thiophene rings is 1. The number of carbonyl (C=O) groups is 1. The van der Waals surface area contributed by atoms with E-state index in [2.05, 4.69) is 26.0 Å². The Labute approximate surface area is 197 Å². The Balaban J connectivity index is 0.00000216. The lowest BCUT2D eigenvalue weighted by molar-refractivity contribution is -0.0792. The molecular weight excluding hydrogens is 446 g/mol. The largest absolute Gasteiger partial charge is 0.370 e. The van der Waals surface area contributed by atoms with E-state index in [4.69, 9.17) is 4.74 Å². The number of fused-ring (bicyclic) bond motifs is 3. The van der Waals surface area contributed by atoms with Crippen LogP contribution in [0, 0.1) is 0 Å². The van der Waals surface area contributed by atoms with Gasteiger partial charge < -0.3 is 15.0 Å². The van der Waals surface area contributed by atoms with Gasteiger partial charge in [0.1, 0.15) is 5.82 Å². The molecule has 1 spiro atoms. The fourth-order valence-corrected chi connectivity index (χ4v) is 6.60. The summed E-state index contributed by atoms with van der Waals surface area (Å²) < 4.78 is 8.37. The quantitative estimate of drug-likeness (QED) is 0.617. The predicted molar refractivity (Wildman–Crippen MR) is 126 cm³/mol. The summed E-state index contributed by atoms with van der Waals surface area (Å²) in [5.74, 6) is 1.52. The highest BCUT2D eigenvalue weighted by Crippen LogP contribution is 2.44. The van der Waals surface area contributed by atoms with E-state index in [1.165, 1.54) is 10.4 Å². The SMILES string of the molecule is Cl.O=C(c1cc2c(s1)CCOC21CCNCC1)N1CCC(c2nnc3ccccn23)CC1. The zero-order chi connectivity index (χ0) is 20.8. The summed E-state index contributed by atoms with van der Waals surface area (Å²) in [5.41, 5.74) is 1.97. The Hall–Kier alpha value is -2.00. The van der Waals surface area contributed by atoms with E-state index in [1.54, 1.807) is 11.3 Å². The third-order valence-corrected chi connectivity index (χ3v) is 8.30. The number of ether oxygens (including phenoxy) is 1. The number of piperidine rings is 2. The second-order valence-electron chi connectivity index (χ2n) is 8.84. The molecular formula is C23H28ClN5O2S. The summed E-state index contributed by atoms with van der Waals surface area (Å²) in [4.78, 5) is 17.6. The molecule has 0 unspecified atom stereocenters. The molecule has 3 aliphatic rings. The minimum Gasteiger partial charge on any atom is -0.370 e. The first-order chi connectivity index (χ1) is 15.2. The van der Waals surface area contributed by atoms with Crippen molar-refractivity contribution in [2.24, 2.45) is 0 Å². The van der Waals surface area contributed by atoms with Gasteiger partial charge in [-0.15, -0.1) is 33.9 Å². The lowest BCUT2D eigenvalue weighted by Gasteiger charge is -2.40. The van der Waals surface area contributed by atoms with Crippen molar-refractivity contribution in [3.63, 3.8) is 0 Å². The number of nitrogens with one attached hydrogen (secondary N) is 1. The van der Waals surface area contributed by atoms with Crippen molar-refractivity contribution in [1.82, 2.24) is 24.8 Å². The highest BCUT2D eigenvalue weighted by atomic mass is 35.5. The number of nitrogens with zero attached hydrogens (tertiary/aromatic N) is 4. The molecule has 3 aromatic rings. The average molecular weight is 474 g/mol. The standard InChI is InChI=1S/C23H27N5O2S.ClH/c29-22(19-15-17-18(31-19)6-14-30-23(17)7-9-24-10-8-23)27-12-4-16(5-13-27)21-26-25-20-3-1-2-11-28(20)21;/h1-3,11,15-16,24H,4-10,12-14H2;1H. The van der Waals surface area contributed by atoms with Gasteiger partial charge in [-0.2, -0.15) is 0 Å². The van der Waals surface area contributed by atoms with Gasteiger partial charge in [-0.25, -0.2) is 0 Å². The molecule has 0 bridgehead atoms. The van der Waals surface area contributed by atoms with Crippen molar-refractivity contribution in [1.29, 1.82) is 0 Å². The van der Waals surface area contributed by atoms with Gasteiger partial charge in [-0.1, -0.05) is 6.07 Å². The lowest BCUT2D eigenvalue weighted by atomic mass is 9.83. The summed E-state index contributed by atoms with van der Waals surface area (Å²) in [7, 11) is 0. The maximum atomic E-state index is 13.3. The Bertz CT molecular complexity index is 1110. The molecule has 3 aromatic heterocycles. The van der Waals surface area contributed by atoms with Crippen LogP contribution in [0.2, 0.25) is 0 Å². The number of amides is 1. The van der Waals surface area contributed by atoms with Crippen LogP contribution in [0.5, 0.6) is 0 Å². The van der Waals surface area contributed by atoms with Gasteiger partial charge in [-0.05, 0) is 62.5 Å². The maximum absolute atomic E-state index is 13.3. The summed E-state index contributed by atoms with van der Waals surface area (Å²) in [6.07, 6.45) is 6.77. The summed E-state index contributed by atoms with van der Waals surface area (Å²) in [6, 6.07) is 8.11. The van der Waals surface area contributed by atoms with Gasteiger partial charge in [0.15, 0.2) is 5.65 Å². The second-order valence-corrected chi connectivity index (χ2v) is 9.98. The molecule has 1 N–H and O–H groups in total. The molecule has 2 saturated heterocycles. The van der Waals surface area contributed by atoms with E-state index in [1.807, 2.05) is 29.3 Å². The molecule has 7 nitrogen and oxygen atoms in total. The average Bonchev–Trinajstić information content (AvgIpc) is 3.45. The number of hydrogen-bond acceptors (Lipinski definition) is 6. The first kappa shape index (κ1) is 21.8. The van der Waals surface area contributed by atoms with Crippen LogP contribution in [0.4, 0.5) is 0 Å². The number of pyridine rings is 1. The number of rotatable bonds is 2. The summed E-state index contributed by atoms with van der Waals surface area (Å²) >= 11 is 1.69. The summed E-state index contributed by atoms with van der Waals surface area (Å²) in [6.45, 7) is 4.24. The van der Waals surface area contributed by atoms with Gasteiger partial charge in [-0.3, -0.25) is 9.20 Å². The van der Waals surface area contributed by atoms with E-state index in [0.717, 1.165) is 81.2 Å². The highest BCUT2D eigenvalue weighted by molar-refractivity contribution is 7.14. The van der Waals surface area contributed by atoms with Crippen LogP contribution in [-0.2, 0) is 16.8 Å². The molecule has 6 rings (SSSR count). The highest BCUT2D eigenvalue weighted by Gasteiger charge is 2.41. The van der Waals surface area contributed by atoms with Crippen LogP contribution < -0.4 is 5.32 Å². The van der Waals surface area contributed by atoms with E-state index in [0.29, 0.717) is 5.92 Å². The molecule has 0 aliphatic carbocycles. The zero-order valence-electron chi connectivity index (χ0n) is 18.0. The first-order valence-corrected chi connectivity index (χ1v) is 12.1. The number of carbonyl (C=O) groups excluding carboxylic acids is 1. The Kier molecular flexibility index (Phi) is 5.96. The number of aromatic nitrogens is 3. The van der Waals surface area contributed by atoms with Crippen molar-refractivity contribution >= 4 is 35.3 Å². The number of likely N-dealkylation sites (tertiary alicyclic amines) is 1. The molecule has 32 heavy (non-hydrogen) atoms. The van der Waals surface area contributed by atoms with Gasteiger partial charge in [0.2, 0.25) is 0 Å². The Morgan fingerprint density at radius 2 is 2.00 bits per heavy atom. The van der Waals surface area contributed by atoms with Gasteiger partial charge in [0.05, 0.1) is 17.1 Å². The molecule has 0 aromatic carbocycles. The Morgan fingerprint density at radius 3 is 2.81 bits per heavy atom. The monoisotopic (exact) mass is 473 g/mol. The number of halogens is 1. The van der Waals surface area contributed by atoms with Crippen molar-refractivity contribution in [3.8, 4) is 0 Å². The molecule has 2 fully saturated rings. The van der Waals surface area contributed by atoms with Crippen LogP contribution in [0.25, 0.3) is 5.65 Å². The molecule has 3 aliphatic heterocycles. The van der Waals surface area contributed by atoms with Gasteiger partial charge >= 0.3 is 0 Å². The van der Waals surface area contributed by atoms with E-state index in [9.17, 15) is 4.79 Å². The van der Waals surface area contributed by atoms with Crippen molar-refractivity contribution in [2.75, 3.05) is 32.8 Å². The minimum atomic E-state index is -0.185. The van der Waals surface area contributed by atoms with E-state index in [-0.39, 0.29) is 23.9 Å². The Morgan fingerprint density at radius 1 is 1.19 bits per heavy atom. The molecule has 170 valence electrons. The lowest BCUT2D eigenvalue weighted by Crippen LogP contribution is -2.44. The normalized spacial score (nSPS) is 20.8. The topological polar surface area (TPSA) is 71.8 Å². The van der Waals surface area contributed by atoms with Crippen LogP contribution in [0.3, 0.4) is 0 Å². The second kappa shape index (κ2) is 8.74. The van der Waals surface area contributed by atoms with Gasteiger partial charge in [0.25, 0.3) is 5.91 Å². The van der Waals surface area contributed by atoms with Crippen molar-refractivity contribution in [3.05, 3.63) is 51.6 Å². The predicted octanol–water partition coefficient (Wildman–Crippen LogP) is 3.38. The minimum absolute atomic E-state index is 0. The van der Waals surface area contributed by atoms with Gasteiger partial charge in [0, 0.05) is 36.5 Å². The molecule has 0 saturated carbocycles. The zero-order valence-corrected chi connectivity index (χ0v) is 19.6. The third kappa shape index (κ3) is 3.63. The van der Waals surface area contributed by atoms with E-state index < -0.39 is 0 Å². The summed E-state index contributed by atoms with van der Waals surface area (Å²) in [5, 5.41) is 12.2. The molecule has 9 heteroatoms. The van der Waals surface area contributed by atoms with Crippen LogP contribution in [0.1, 0.15) is 57.5 Å². The third-order valence-electron chi connectivity index (χ3n) is 7.12. The van der Waals surface area contributed by atoms with E-state index >= 15 is 0 Å². The van der Waals surface area contributed by atoms with Crippen molar-refractivity contribution in [2.45, 2.75) is 43.6 Å². The maximum Gasteiger partial charge on any atom is 0.263 e. The molecule has 0 radical (unpaired) electrons.